The minimum absolute atomic E-state index is 0.0583. The summed E-state index contributed by atoms with van der Waals surface area (Å²) < 4.78 is 14.3. The molecule has 0 amide bonds. The lowest BCUT2D eigenvalue weighted by Gasteiger charge is -2.41. The van der Waals surface area contributed by atoms with Crippen LogP contribution in [0.15, 0.2) is 41.0 Å². The van der Waals surface area contributed by atoms with E-state index in [9.17, 15) is 4.39 Å². The first-order chi connectivity index (χ1) is 9.22. The van der Waals surface area contributed by atoms with Gasteiger partial charge in [-0.3, -0.25) is 0 Å². The van der Waals surface area contributed by atoms with Crippen molar-refractivity contribution >= 4 is 11.8 Å². The van der Waals surface area contributed by atoms with E-state index in [1.54, 1.807) is 12.1 Å². The van der Waals surface area contributed by atoms with E-state index in [1.165, 1.54) is 24.2 Å². The predicted molar refractivity (Wildman–Crippen MR) is 79.8 cm³/mol. The maximum Gasteiger partial charge on any atom is 0.127 e. The molecule has 2 heteroatoms. The normalized spacial score (nSPS) is 30.4. The maximum absolute atomic E-state index is 14.3. The highest BCUT2D eigenvalue weighted by Crippen LogP contribution is 2.48. The molecule has 3 rings (SSSR count). The number of halogens is 1. The summed E-state index contributed by atoms with van der Waals surface area (Å²) in [5, 5.41) is 0. The van der Waals surface area contributed by atoms with Crippen molar-refractivity contribution in [1.82, 2.24) is 0 Å². The minimum atomic E-state index is -0.131. The smallest absolute Gasteiger partial charge is 0.127 e. The van der Waals surface area contributed by atoms with Crippen LogP contribution in [0.3, 0.4) is 0 Å². The second kappa shape index (κ2) is 5.19. The second-order valence-corrected chi connectivity index (χ2v) is 6.85. The standard InChI is InChI=1S/C17H19FS/c1-13-9-11-17(15-7-2-3-8-16(15)18)10-5-4-6-14(17)12-19-13/h2-3,7-8,11,14H,4-6,10,12H2,1H3. The summed E-state index contributed by atoms with van der Waals surface area (Å²) in [5.41, 5.74) is 4.14. The summed E-state index contributed by atoms with van der Waals surface area (Å²) in [6, 6.07) is 7.31. The molecule has 0 radical (unpaired) electrons. The number of rotatable bonds is 1. The first kappa shape index (κ1) is 13.0. The van der Waals surface area contributed by atoms with Crippen LogP contribution >= 0.6 is 11.8 Å². The molecule has 1 aromatic carbocycles. The topological polar surface area (TPSA) is 0 Å². The molecule has 19 heavy (non-hydrogen) atoms. The number of hydrogen-bond donors (Lipinski definition) is 0. The first-order valence-electron chi connectivity index (χ1n) is 7.05. The molecule has 0 bridgehead atoms. The van der Waals surface area contributed by atoms with Crippen molar-refractivity contribution in [3.05, 3.63) is 52.4 Å². The van der Waals surface area contributed by atoms with E-state index < -0.39 is 0 Å². The lowest BCUT2D eigenvalue weighted by atomic mass is 9.63. The van der Waals surface area contributed by atoms with Gasteiger partial charge in [-0.2, -0.15) is 0 Å². The maximum atomic E-state index is 14.3. The third-order valence-corrected chi connectivity index (χ3v) is 5.65. The van der Waals surface area contributed by atoms with Gasteiger partial charge in [0.05, 0.1) is 0 Å². The minimum Gasteiger partial charge on any atom is -0.207 e. The van der Waals surface area contributed by atoms with Crippen molar-refractivity contribution in [2.45, 2.75) is 38.0 Å². The molecule has 100 valence electrons. The molecule has 0 N–H and O–H groups in total. The molecule has 1 saturated carbocycles. The Bertz CT molecular complexity index is 542. The van der Waals surface area contributed by atoms with E-state index in [1.807, 2.05) is 23.9 Å². The Morgan fingerprint density at radius 2 is 2.16 bits per heavy atom. The van der Waals surface area contributed by atoms with E-state index in [0.29, 0.717) is 5.92 Å². The Morgan fingerprint density at radius 1 is 1.32 bits per heavy atom. The molecule has 1 aliphatic heterocycles. The summed E-state index contributed by atoms with van der Waals surface area (Å²) in [4.78, 5) is 1.23. The lowest BCUT2D eigenvalue weighted by molar-refractivity contribution is 0.252. The van der Waals surface area contributed by atoms with Crippen LogP contribution in [0.4, 0.5) is 4.39 Å². The van der Waals surface area contributed by atoms with Crippen molar-refractivity contribution in [3.8, 4) is 0 Å². The summed E-state index contributed by atoms with van der Waals surface area (Å²) in [6.45, 7) is 2.10. The van der Waals surface area contributed by atoms with Crippen molar-refractivity contribution in [2.24, 2.45) is 5.92 Å². The Labute approximate surface area is 118 Å². The van der Waals surface area contributed by atoms with Crippen molar-refractivity contribution < 1.29 is 4.39 Å². The second-order valence-electron chi connectivity index (χ2n) is 5.62. The number of fused-ring (bicyclic) bond motifs is 1. The fourth-order valence-corrected chi connectivity index (χ4v) is 4.52. The largest absolute Gasteiger partial charge is 0.207 e. The number of hydrogen-bond acceptors (Lipinski definition) is 1. The Morgan fingerprint density at radius 3 is 3.00 bits per heavy atom. The van der Waals surface area contributed by atoms with Crippen LogP contribution in [0, 0.1) is 11.7 Å². The molecule has 0 aromatic heterocycles. The summed E-state index contributed by atoms with van der Waals surface area (Å²) in [7, 11) is 0. The monoisotopic (exact) mass is 274 g/mol. The molecule has 0 saturated heterocycles. The highest BCUT2D eigenvalue weighted by Gasteiger charge is 2.42. The average Bonchev–Trinajstić information content (AvgIpc) is 2.60. The molecule has 1 fully saturated rings. The molecule has 0 spiro atoms. The van der Waals surface area contributed by atoms with Crippen molar-refractivity contribution in [2.75, 3.05) is 5.75 Å². The third kappa shape index (κ3) is 2.28. The van der Waals surface area contributed by atoms with E-state index in [2.05, 4.69) is 18.7 Å². The molecule has 2 atom stereocenters. The van der Waals surface area contributed by atoms with E-state index in [4.69, 9.17) is 0 Å². The zero-order valence-corrected chi connectivity index (χ0v) is 12.1. The molecule has 1 heterocycles. The number of allylic oxidation sites excluding steroid dienone is 1. The average molecular weight is 274 g/mol. The summed E-state index contributed by atoms with van der Waals surface area (Å²) >= 11 is 1.88. The Hall–Kier alpha value is -0.980. The van der Waals surface area contributed by atoms with Gasteiger partial charge in [-0.05, 0) is 43.4 Å². The summed E-state index contributed by atoms with van der Waals surface area (Å²) in [6.07, 6.45) is 6.89. The van der Waals surface area contributed by atoms with E-state index >= 15 is 0 Å². The molecule has 1 aliphatic carbocycles. The number of benzene rings is 1. The van der Waals surface area contributed by atoms with Crippen LogP contribution < -0.4 is 0 Å². The van der Waals surface area contributed by atoms with Crippen LogP contribution in [-0.2, 0) is 5.41 Å². The van der Waals surface area contributed by atoms with Gasteiger partial charge >= 0.3 is 0 Å². The van der Waals surface area contributed by atoms with Crippen molar-refractivity contribution in [3.63, 3.8) is 0 Å². The Balaban J connectivity index is 2.15. The van der Waals surface area contributed by atoms with Gasteiger partial charge in [0.25, 0.3) is 0 Å². The molecular weight excluding hydrogens is 255 g/mol. The predicted octanol–water partition coefficient (Wildman–Crippen LogP) is 5.06. The van der Waals surface area contributed by atoms with Gasteiger partial charge in [0.2, 0.25) is 0 Å². The lowest BCUT2D eigenvalue weighted by Crippen LogP contribution is -2.38. The van der Waals surface area contributed by atoms with E-state index in [-0.39, 0.29) is 11.2 Å². The van der Waals surface area contributed by atoms with Gasteiger partial charge in [-0.1, -0.05) is 31.0 Å². The quantitative estimate of drug-likeness (QED) is 0.645. The van der Waals surface area contributed by atoms with Crippen LogP contribution in [-0.4, -0.2) is 5.75 Å². The van der Waals surface area contributed by atoms with Crippen LogP contribution in [0.2, 0.25) is 0 Å². The van der Waals surface area contributed by atoms with Crippen LogP contribution in [0.1, 0.15) is 38.2 Å². The summed E-state index contributed by atoms with van der Waals surface area (Å²) in [5.74, 6) is 1.56. The van der Waals surface area contributed by atoms with Gasteiger partial charge in [0.15, 0.2) is 0 Å². The molecular formula is C17H19FS. The first-order valence-corrected chi connectivity index (χ1v) is 8.03. The van der Waals surface area contributed by atoms with Gasteiger partial charge in [-0.25, -0.2) is 4.39 Å². The fourth-order valence-electron chi connectivity index (χ4n) is 3.46. The SMILES string of the molecule is CC1=C=CC2(c3ccccc3F)CCCCC2CS1. The van der Waals surface area contributed by atoms with E-state index in [0.717, 1.165) is 17.7 Å². The van der Waals surface area contributed by atoms with Crippen molar-refractivity contribution in [1.29, 1.82) is 0 Å². The molecule has 2 unspecified atom stereocenters. The van der Waals surface area contributed by atoms with Gasteiger partial charge in [-0.15, -0.1) is 17.5 Å². The molecule has 1 aromatic rings. The zero-order valence-electron chi connectivity index (χ0n) is 11.3. The number of thioether (sulfide) groups is 1. The third-order valence-electron chi connectivity index (χ3n) is 4.53. The van der Waals surface area contributed by atoms with Gasteiger partial charge < -0.3 is 0 Å². The Kier molecular flexibility index (Phi) is 3.56. The zero-order chi connectivity index (χ0) is 13.3. The molecule has 2 aliphatic rings. The van der Waals surface area contributed by atoms with Crippen LogP contribution in [0.5, 0.6) is 0 Å². The highest BCUT2D eigenvalue weighted by atomic mass is 32.2. The van der Waals surface area contributed by atoms with Gasteiger partial charge in [0.1, 0.15) is 5.82 Å². The van der Waals surface area contributed by atoms with Gasteiger partial charge in [0, 0.05) is 16.1 Å². The molecule has 0 nitrogen and oxygen atoms in total. The highest BCUT2D eigenvalue weighted by molar-refractivity contribution is 8.03. The van der Waals surface area contributed by atoms with Crippen LogP contribution in [0.25, 0.3) is 0 Å². The fraction of sp³-hybridized carbons (Fsp3) is 0.471.